The zero-order valence-electron chi connectivity index (χ0n) is 22.2. The number of ether oxygens (including phenoxy) is 2. The first-order valence-electron chi connectivity index (χ1n) is 13.0. The molecule has 1 unspecified atom stereocenters. The van der Waals surface area contributed by atoms with E-state index in [1.54, 1.807) is 19.4 Å². The molecule has 1 aliphatic rings. The van der Waals surface area contributed by atoms with Crippen LogP contribution in [0, 0.1) is 12.8 Å². The summed E-state index contributed by atoms with van der Waals surface area (Å²) in [5, 5.41) is 3.27. The van der Waals surface area contributed by atoms with Crippen LogP contribution in [0.25, 0.3) is 6.08 Å². The van der Waals surface area contributed by atoms with Crippen molar-refractivity contribution in [2.45, 2.75) is 32.7 Å². The van der Waals surface area contributed by atoms with Gasteiger partial charge in [0.05, 0.1) is 18.8 Å². The third-order valence-electron chi connectivity index (χ3n) is 6.75. The third kappa shape index (κ3) is 7.29. The number of hydrogen-bond donors (Lipinski definition) is 1. The van der Waals surface area contributed by atoms with Crippen LogP contribution in [0.15, 0.2) is 72.9 Å². The fraction of sp³-hybridized carbons (Fsp3) is 0.323. The van der Waals surface area contributed by atoms with Gasteiger partial charge in [0, 0.05) is 25.6 Å². The lowest BCUT2D eigenvalue weighted by Crippen LogP contribution is -2.41. The minimum absolute atomic E-state index is 0.0232. The minimum Gasteiger partial charge on any atom is -0.493 e. The van der Waals surface area contributed by atoms with Crippen molar-refractivity contribution >= 4 is 18.0 Å². The maximum Gasteiger partial charge on any atom is 0.308 e. The molecule has 0 bridgehead atoms. The number of pyridine rings is 1. The zero-order valence-corrected chi connectivity index (χ0v) is 22.2. The maximum atomic E-state index is 13.3. The summed E-state index contributed by atoms with van der Waals surface area (Å²) in [4.78, 5) is 31.4. The van der Waals surface area contributed by atoms with Crippen LogP contribution in [0.5, 0.6) is 11.5 Å². The topological polar surface area (TPSA) is 80.8 Å². The molecule has 7 nitrogen and oxygen atoms in total. The number of hydrogen-bond acceptors (Lipinski definition) is 6. The lowest BCUT2D eigenvalue weighted by Gasteiger charge is -2.31. The molecule has 3 aromatic rings. The molecule has 7 heteroatoms. The van der Waals surface area contributed by atoms with Gasteiger partial charge in [-0.2, -0.15) is 0 Å². The summed E-state index contributed by atoms with van der Waals surface area (Å²) in [6.45, 7) is 5.93. The van der Waals surface area contributed by atoms with Crippen LogP contribution in [0.4, 0.5) is 0 Å². The summed E-state index contributed by atoms with van der Waals surface area (Å²) in [6.07, 6.45) is 7.52. The first-order chi connectivity index (χ1) is 18.4. The number of amides is 1. The molecule has 0 saturated carbocycles. The largest absolute Gasteiger partial charge is 0.493 e. The maximum absolute atomic E-state index is 13.3. The van der Waals surface area contributed by atoms with Gasteiger partial charge in [-0.05, 0) is 68.2 Å². The molecule has 1 fully saturated rings. The second-order valence-corrected chi connectivity index (χ2v) is 9.59. The van der Waals surface area contributed by atoms with E-state index in [1.165, 1.54) is 12.5 Å². The van der Waals surface area contributed by atoms with Gasteiger partial charge in [-0.15, -0.1) is 0 Å². The Morgan fingerprint density at radius 2 is 1.84 bits per heavy atom. The predicted molar refractivity (Wildman–Crippen MR) is 148 cm³/mol. The molecule has 4 rings (SSSR count). The van der Waals surface area contributed by atoms with Crippen LogP contribution < -0.4 is 14.8 Å². The normalized spacial score (nSPS) is 15.2. The van der Waals surface area contributed by atoms with Gasteiger partial charge in [0.15, 0.2) is 11.5 Å². The number of aromatic nitrogens is 1. The van der Waals surface area contributed by atoms with E-state index in [9.17, 15) is 9.59 Å². The number of likely N-dealkylation sites (tertiary alicyclic amines) is 1. The van der Waals surface area contributed by atoms with Gasteiger partial charge in [0.25, 0.3) is 0 Å². The van der Waals surface area contributed by atoms with Gasteiger partial charge >= 0.3 is 5.97 Å². The van der Waals surface area contributed by atoms with Crippen LogP contribution in [-0.4, -0.2) is 48.5 Å². The number of esters is 1. The quantitative estimate of drug-likeness (QED) is 0.322. The van der Waals surface area contributed by atoms with Crippen molar-refractivity contribution in [2.24, 2.45) is 5.92 Å². The number of carbonyl (C=O) groups is 2. The van der Waals surface area contributed by atoms with E-state index >= 15 is 0 Å². The van der Waals surface area contributed by atoms with Crippen LogP contribution in [-0.2, 0) is 9.59 Å². The Morgan fingerprint density at radius 3 is 2.50 bits per heavy atom. The number of rotatable bonds is 9. The average Bonchev–Trinajstić information content (AvgIpc) is 2.93. The van der Waals surface area contributed by atoms with Crippen LogP contribution in [0.2, 0.25) is 0 Å². The summed E-state index contributed by atoms with van der Waals surface area (Å²) in [7, 11) is 1.55. The Morgan fingerprint density at radius 1 is 1.08 bits per heavy atom. The van der Waals surface area contributed by atoms with Crippen molar-refractivity contribution in [3.05, 3.63) is 95.3 Å². The highest BCUT2D eigenvalue weighted by Gasteiger charge is 2.27. The van der Waals surface area contributed by atoms with Gasteiger partial charge < -0.3 is 14.8 Å². The van der Waals surface area contributed by atoms with Gasteiger partial charge in [-0.25, -0.2) is 0 Å². The van der Waals surface area contributed by atoms with Crippen molar-refractivity contribution in [3.63, 3.8) is 0 Å². The van der Waals surface area contributed by atoms with E-state index in [0.717, 1.165) is 49.3 Å². The predicted octanol–water partition coefficient (Wildman–Crippen LogP) is 4.95. The fourth-order valence-electron chi connectivity index (χ4n) is 4.64. The standard InChI is InChI=1S/C31H35N3O4/c1-22-9-12-25(13-10-22)30(27-8-4-5-17-32-27)33-31(36)26-15-19-34(20-16-26)18-6-7-24-11-14-28(38-23(2)35)29(21-24)37-3/h4-14,17,21,26,30H,15-16,18-20H2,1-3H3,(H,33,36)/b7-6+. The van der Waals surface area contributed by atoms with E-state index in [-0.39, 0.29) is 23.8 Å². The van der Waals surface area contributed by atoms with Crippen molar-refractivity contribution in [2.75, 3.05) is 26.7 Å². The summed E-state index contributed by atoms with van der Waals surface area (Å²) in [6, 6.07) is 19.2. The van der Waals surface area contributed by atoms with Gasteiger partial charge in [-0.3, -0.25) is 19.5 Å². The molecule has 0 radical (unpaired) electrons. The number of nitrogens with zero attached hydrogens (tertiary/aromatic N) is 2. The molecule has 1 atom stereocenters. The second-order valence-electron chi connectivity index (χ2n) is 9.59. The highest BCUT2D eigenvalue weighted by atomic mass is 16.6. The molecule has 2 heterocycles. The number of carbonyl (C=O) groups excluding carboxylic acids is 2. The summed E-state index contributed by atoms with van der Waals surface area (Å²) >= 11 is 0. The Bertz CT molecular complexity index is 1250. The number of aryl methyl sites for hydroxylation is 1. The average molecular weight is 514 g/mol. The molecule has 198 valence electrons. The van der Waals surface area contributed by atoms with Crippen molar-refractivity contribution in [1.29, 1.82) is 0 Å². The molecule has 1 aliphatic heterocycles. The monoisotopic (exact) mass is 513 g/mol. The molecule has 2 aromatic carbocycles. The van der Waals surface area contributed by atoms with Crippen molar-refractivity contribution < 1.29 is 19.1 Å². The smallest absolute Gasteiger partial charge is 0.308 e. The minimum atomic E-state index is -0.383. The number of piperidine rings is 1. The van der Waals surface area contributed by atoms with Crippen LogP contribution >= 0.6 is 0 Å². The Balaban J connectivity index is 1.31. The van der Waals surface area contributed by atoms with E-state index in [2.05, 4.69) is 52.5 Å². The molecule has 0 aliphatic carbocycles. The van der Waals surface area contributed by atoms with Gasteiger partial charge in [0.1, 0.15) is 0 Å². The summed E-state index contributed by atoms with van der Waals surface area (Å²) in [5.41, 5.74) is 4.01. The Kier molecular flexibility index (Phi) is 9.27. The van der Waals surface area contributed by atoms with E-state index in [4.69, 9.17) is 9.47 Å². The summed E-state index contributed by atoms with van der Waals surface area (Å²) in [5.74, 6) is 0.599. The lowest BCUT2D eigenvalue weighted by molar-refractivity contribution is -0.132. The highest BCUT2D eigenvalue weighted by Crippen LogP contribution is 2.29. The van der Waals surface area contributed by atoms with E-state index in [0.29, 0.717) is 11.5 Å². The molecular weight excluding hydrogens is 478 g/mol. The highest BCUT2D eigenvalue weighted by molar-refractivity contribution is 5.79. The Hall–Kier alpha value is -3.97. The zero-order chi connectivity index (χ0) is 26.9. The first-order valence-corrected chi connectivity index (χ1v) is 13.0. The third-order valence-corrected chi connectivity index (χ3v) is 6.75. The molecule has 38 heavy (non-hydrogen) atoms. The Labute approximate surface area is 224 Å². The van der Waals surface area contributed by atoms with Gasteiger partial charge in [-0.1, -0.05) is 54.1 Å². The second kappa shape index (κ2) is 13.0. The van der Waals surface area contributed by atoms with Crippen LogP contribution in [0.3, 0.4) is 0 Å². The van der Waals surface area contributed by atoms with Crippen molar-refractivity contribution in [1.82, 2.24) is 15.2 Å². The van der Waals surface area contributed by atoms with Crippen LogP contribution in [0.1, 0.15) is 48.2 Å². The molecule has 1 amide bonds. The fourth-order valence-corrected chi connectivity index (χ4v) is 4.64. The molecule has 0 spiro atoms. The first kappa shape index (κ1) is 27.1. The number of methoxy groups -OCH3 is 1. The molecule has 1 saturated heterocycles. The lowest BCUT2D eigenvalue weighted by atomic mass is 9.94. The number of benzene rings is 2. The van der Waals surface area contributed by atoms with Gasteiger partial charge in [0.2, 0.25) is 5.91 Å². The van der Waals surface area contributed by atoms with E-state index in [1.807, 2.05) is 36.4 Å². The van der Waals surface area contributed by atoms with E-state index < -0.39 is 0 Å². The SMILES string of the molecule is COc1cc(/C=C/CN2CCC(C(=O)NC(c3ccc(C)cc3)c3ccccn3)CC2)ccc1OC(C)=O. The van der Waals surface area contributed by atoms with Crippen molar-refractivity contribution in [3.8, 4) is 11.5 Å². The summed E-state index contributed by atoms with van der Waals surface area (Å²) < 4.78 is 10.5. The molecular formula is C31H35N3O4. The molecule has 1 N–H and O–H groups in total. The molecule has 1 aromatic heterocycles. The number of nitrogens with one attached hydrogen (secondary N) is 1.